The van der Waals surface area contributed by atoms with Crippen LogP contribution < -0.4 is 10.1 Å². The monoisotopic (exact) mass is 255 g/mol. The SMILES string of the molecule is COc1cccc2cc(C(C)NCC(F)F)oc12. The number of fused-ring (bicyclic) bond motifs is 1. The van der Waals surface area contributed by atoms with E-state index in [1.54, 1.807) is 20.1 Å². The van der Waals surface area contributed by atoms with Gasteiger partial charge in [0.15, 0.2) is 11.3 Å². The molecule has 1 atom stereocenters. The van der Waals surface area contributed by atoms with Gasteiger partial charge >= 0.3 is 0 Å². The number of hydrogen-bond donors (Lipinski definition) is 1. The molecule has 3 nitrogen and oxygen atoms in total. The fraction of sp³-hybridized carbons (Fsp3) is 0.385. The molecule has 0 saturated heterocycles. The third-order valence-electron chi connectivity index (χ3n) is 2.75. The maximum Gasteiger partial charge on any atom is 0.250 e. The quantitative estimate of drug-likeness (QED) is 0.889. The van der Waals surface area contributed by atoms with Crippen LogP contribution in [0.2, 0.25) is 0 Å². The number of furan rings is 1. The molecule has 0 saturated carbocycles. The first kappa shape index (κ1) is 12.8. The Balaban J connectivity index is 2.24. The first-order chi connectivity index (χ1) is 8.61. The van der Waals surface area contributed by atoms with E-state index in [-0.39, 0.29) is 12.6 Å². The van der Waals surface area contributed by atoms with Gasteiger partial charge in [-0.05, 0) is 19.1 Å². The Bertz CT molecular complexity index is 525. The largest absolute Gasteiger partial charge is 0.493 e. The molecular formula is C13H15F2NO2. The molecule has 1 aromatic heterocycles. The van der Waals surface area contributed by atoms with E-state index < -0.39 is 6.43 Å². The molecule has 2 aromatic rings. The molecule has 0 aliphatic heterocycles. The van der Waals surface area contributed by atoms with Crippen molar-refractivity contribution in [3.63, 3.8) is 0 Å². The van der Waals surface area contributed by atoms with Crippen LogP contribution in [0.25, 0.3) is 11.0 Å². The average Bonchev–Trinajstić information content (AvgIpc) is 2.79. The van der Waals surface area contributed by atoms with Gasteiger partial charge in [0.05, 0.1) is 19.7 Å². The normalized spacial score (nSPS) is 13.2. The molecule has 0 aliphatic carbocycles. The molecule has 1 N–H and O–H groups in total. The number of halogens is 2. The van der Waals surface area contributed by atoms with Crippen molar-refractivity contribution >= 4 is 11.0 Å². The zero-order chi connectivity index (χ0) is 13.1. The summed E-state index contributed by atoms with van der Waals surface area (Å²) in [5.74, 6) is 1.26. The number of alkyl halides is 2. The van der Waals surface area contributed by atoms with Crippen molar-refractivity contribution in [3.8, 4) is 5.75 Å². The standard InChI is InChI=1S/C13H15F2NO2/c1-8(16-7-12(14)15)11-6-9-4-3-5-10(17-2)13(9)18-11/h3-6,8,12,16H,7H2,1-2H3. The summed E-state index contributed by atoms with van der Waals surface area (Å²) in [4.78, 5) is 0. The maximum atomic E-state index is 12.1. The second-order valence-electron chi connectivity index (χ2n) is 4.05. The van der Waals surface area contributed by atoms with E-state index in [0.29, 0.717) is 17.1 Å². The van der Waals surface area contributed by atoms with Gasteiger partial charge in [-0.15, -0.1) is 0 Å². The lowest BCUT2D eigenvalue weighted by molar-refractivity contribution is 0.141. The Kier molecular flexibility index (Phi) is 3.81. The van der Waals surface area contributed by atoms with Gasteiger partial charge in [-0.3, -0.25) is 0 Å². The van der Waals surface area contributed by atoms with Gasteiger partial charge in [0.2, 0.25) is 0 Å². The van der Waals surface area contributed by atoms with Crippen LogP contribution in [0, 0.1) is 0 Å². The Morgan fingerprint density at radius 1 is 1.39 bits per heavy atom. The molecule has 2 rings (SSSR count). The molecule has 0 amide bonds. The first-order valence-electron chi connectivity index (χ1n) is 5.69. The summed E-state index contributed by atoms with van der Waals surface area (Å²) in [7, 11) is 1.56. The number of rotatable bonds is 5. The maximum absolute atomic E-state index is 12.1. The summed E-state index contributed by atoms with van der Waals surface area (Å²) in [6, 6.07) is 7.12. The molecule has 5 heteroatoms. The molecule has 0 bridgehead atoms. The minimum absolute atomic E-state index is 0.267. The minimum Gasteiger partial charge on any atom is -0.493 e. The topological polar surface area (TPSA) is 34.4 Å². The summed E-state index contributed by atoms with van der Waals surface area (Å²) >= 11 is 0. The third kappa shape index (κ3) is 2.61. The van der Waals surface area contributed by atoms with Crippen molar-refractivity contribution in [1.29, 1.82) is 0 Å². The lowest BCUT2D eigenvalue weighted by Gasteiger charge is -2.10. The summed E-state index contributed by atoms with van der Waals surface area (Å²) in [6.07, 6.45) is -2.37. The van der Waals surface area contributed by atoms with Crippen molar-refractivity contribution in [1.82, 2.24) is 5.32 Å². The summed E-state index contributed by atoms with van der Waals surface area (Å²) < 4.78 is 35.1. The lowest BCUT2D eigenvalue weighted by atomic mass is 10.2. The molecule has 18 heavy (non-hydrogen) atoms. The molecule has 0 spiro atoms. The minimum atomic E-state index is -2.37. The number of methoxy groups -OCH3 is 1. The number of para-hydroxylation sites is 1. The highest BCUT2D eigenvalue weighted by molar-refractivity contribution is 5.83. The van der Waals surface area contributed by atoms with Crippen molar-refractivity contribution in [2.75, 3.05) is 13.7 Å². The van der Waals surface area contributed by atoms with Crippen LogP contribution in [0.15, 0.2) is 28.7 Å². The molecule has 0 fully saturated rings. The van der Waals surface area contributed by atoms with E-state index in [1.807, 2.05) is 18.2 Å². The second kappa shape index (κ2) is 5.35. The van der Waals surface area contributed by atoms with E-state index in [2.05, 4.69) is 5.32 Å². The molecule has 1 heterocycles. The molecule has 98 valence electrons. The van der Waals surface area contributed by atoms with Crippen LogP contribution in [0.1, 0.15) is 18.7 Å². The highest BCUT2D eigenvalue weighted by Gasteiger charge is 2.14. The van der Waals surface area contributed by atoms with E-state index in [4.69, 9.17) is 9.15 Å². The van der Waals surface area contributed by atoms with Crippen LogP contribution >= 0.6 is 0 Å². The van der Waals surface area contributed by atoms with E-state index >= 15 is 0 Å². The Hall–Kier alpha value is -1.62. The zero-order valence-electron chi connectivity index (χ0n) is 10.2. The van der Waals surface area contributed by atoms with Crippen molar-refractivity contribution in [2.24, 2.45) is 0 Å². The van der Waals surface area contributed by atoms with Crippen LogP contribution in [0.5, 0.6) is 5.75 Å². The number of ether oxygens (including phenoxy) is 1. The fourth-order valence-corrected chi connectivity index (χ4v) is 1.80. The Labute approximate surface area is 104 Å². The van der Waals surface area contributed by atoms with Gasteiger partial charge in [-0.25, -0.2) is 8.78 Å². The average molecular weight is 255 g/mol. The van der Waals surface area contributed by atoms with E-state index in [0.717, 1.165) is 5.39 Å². The number of benzene rings is 1. The fourth-order valence-electron chi connectivity index (χ4n) is 1.80. The summed E-state index contributed by atoms with van der Waals surface area (Å²) in [5, 5.41) is 3.61. The summed E-state index contributed by atoms with van der Waals surface area (Å²) in [5.41, 5.74) is 0.640. The number of hydrogen-bond acceptors (Lipinski definition) is 3. The highest BCUT2D eigenvalue weighted by atomic mass is 19.3. The van der Waals surface area contributed by atoms with Gasteiger partial charge in [0.25, 0.3) is 6.43 Å². The zero-order valence-corrected chi connectivity index (χ0v) is 10.2. The summed E-state index contributed by atoms with van der Waals surface area (Å²) in [6.45, 7) is 1.43. The highest BCUT2D eigenvalue weighted by Crippen LogP contribution is 2.30. The van der Waals surface area contributed by atoms with Crippen molar-refractivity contribution in [3.05, 3.63) is 30.0 Å². The van der Waals surface area contributed by atoms with Crippen molar-refractivity contribution < 1.29 is 17.9 Å². The smallest absolute Gasteiger partial charge is 0.250 e. The molecule has 0 radical (unpaired) electrons. The van der Waals surface area contributed by atoms with Crippen LogP contribution in [-0.2, 0) is 0 Å². The third-order valence-corrected chi connectivity index (χ3v) is 2.75. The first-order valence-corrected chi connectivity index (χ1v) is 5.69. The van der Waals surface area contributed by atoms with E-state index in [1.165, 1.54) is 0 Å². The molecule has 0 aliphatic rings. The molecule has 1 aromatic carbocycles. The predicted molar refractivity (Wildman–Crippen MR) is 65.2 cm³/mol. The lowest BCUT2D eigenvalue weighted by Crippen LogP contribution is -2.24. The van der Waals surface area contributed by atoms with Gasteiger partial charge in [0.1, 0.15) is 5.76 Å². The Morgan fingerprint density at radius 3 is 2.83 bits per heavy atom. The second-order valence-corrected chi connectivity index (χ2v) is 4.05. The molecule has 1 unspecified atom stereocenters. The van der Waals surface area contributed by atoms with Crippen LogP contribution in [-0.4, -0.2) is 20.1 Å². The van der Waals surface area contributed by atoms with Gasteiger partial charge in [0, 0.05) is 5.39 Å². The number of nitrogens with one attached hydrogen (secondary N) is 1. The predicted octanol–water partition coefficient (Wildman–Crippen LogP) is 3.36. The van der Waals surface area contributed by atoms with E-state index in [9.17, 15) is 8.78 Å². The van der Waals surface area contributed by atoms with Crippen LogP contribution in [0.3, 0.4) is 0 Å². The van der Waals surface area contributed by atoms with Crippen molar-refractivity contribution in [2.45, 2.75) is 19.4 Å². The van der Waals surface area contributed by atoms with Crippen LogP contribution in [0.4, 0.5) is 8.78 Å². The van der Waals surface area contributed by atoms with Gasteiger partial charge in [-0.2, -0.15) is 0 Å². The van der Waals surface area contributed by atoms with Gasteiger partial charge in [-0.1, -0.05) is 12.1 Å². The molecular weight excluding hydrogens is 240 g/mol. The Morgan fingerprint density at radius 2 is 2.17 bits per heavy atom. The van der Waals surface area contributed by atoms with Gasteiger partial charge < -0.3 is 14.5 Å².